The number of nitrogens with two attached hydrogens (primary N) is 1. The van der Waals surface area contributed by atoms with Gasteiger partial charge in [-0.1, -0.05) is 0 Å². The number of halogens is 2. The van der Waals surface area contributed by atoms with E-state index in [1.54, 1.807) is 11.3 Å². The molecule has 2 aromatic rings. The molecule has 102 valence electrons. The molecule has 2 nitrogen and oxygen atoms in total. The van der Waals surface area contributed by atoms with Gasteiger partial charge in [-0.15, -0.1) is 0 Å². The molecule has 0 saturated carbocycles. The Morgan fingerprint density at radius 3 is 2.47 bits per heavy atom. The fourth-order valence-electron chi connectivity index (χ4n) is 2.03. The van der Waals surface area contributed by atoms with Crippen molar-refractivity contribution in [1.29, 1.82) is 0 Å². The zero-order chi connectivity index (χ0) is 13.7. The van der Waals surface area contributed by atoms with Gasteiger partial charge in [-0.25, -0.2) is 8.78 Å². The number of benzene rings is 1. The largest absolute Gasteiger partial charge is 0.271 e. The normalized spacial score (nSPS) is 12.6. The standard InChI is InChI=1S/C14H16F2N2S/c15-12-5-11(6-13(16)8-12)7-14(18-17)2-1-10-3-4-19-9-10/h3-6,8-9,14,18H,1-2,7,17H2. The van der Waals surface area contributed by atoms with Crippen LogP contribution in [0, 0.1) is 11.6 Å². The van der Waals surface area contributed by atoms with Gasteiger partial charge < -0.3 is 0 Å². The summed E-state index contributed by atoms with van der Waals surface area (Å²) >= 11 is 1.66. The maximum absolute atomic E-state index is 13.1. The van der Waals surface area contributed by atoms with Gasteiger partial charge in [-0.3, -0.25) is 11.3 Å². The summed E-state index contributed by atoms with van der Waals surface area (Å²) in [6.45, 7) is 0. The SMILES string of the molecule is NNC(CCc1ccsc1)Cc1cc(F)cc(F)c1. The lowest BCUT2D eigenvalue weighted by molar-refractivity contribution is 0.488. The lowest BCUT2D eigenvalue weighted by Gasteiger charge is -2.15. The number of nitrogens with one attached hydrogen (secondary N) is 1. The Balaban J connectivity index is 1.94. The molecule has 0 radical (unpaired) electrons. The summed E-state index contributed by atoms with van der Waals surface area (Å²) in [5.41, 5.74) is 4.59. The first-order valence-corrected chi connectivity index (χ1v) is 7.04. The summed E-state index contributed by atoms with van der Waals surface area (Å²) in [7, 11) is 0. The molecule has 1 unspecified atom stereocenters. The van der Waals surface area contributed by atoms with Crippen molar-refractivity contribution in [3.8, 4) is 0 Å². The van der Waals surface area contributed by atoms with Gasteiger partial charge in [0.15, 0.2) is 0 Å². The highest BCUT2D eigenvalue weighted by atomic mass is 32.1. The number of hydrazine groups is 1. The molecule has 0 amide bonds. The zero-order valence-electron chi connectivity index (χ0n) is 10.4. The fraction of sp³-hybridized carbons (Fsp3) is 0.286. The van der Waals surface area contributed by atoms with E-state index in [1.807, 2.05) is 5.38 Å². The Morgan fingerprint density at radius 1 is 1.16 bits per heavy atom. The molecular formula is C14H16F2N2S. The monoisotopic (exact) mass is 282 g/mol. The molecule has 0 bridgehead atoms. The third-order valence-electron chi connectivity index (χ3n) is 3.00. The first kappa shape index (κ1) is 14.1. The summed E-state index contributed by atoms with van der Waals surface area (Å²) in [6, 6.07) is 5.64. The van der Waals surface area contributed by atoms with Crippen LogP contribution in [0.2, 0.25) is 0 Å². The average molecular weight is 282 g/mol. The second kappa shape index (κ2) is 6.75. The van der Waals surface area contributed by atoms with E-state index in [4.69, 9.17) is 5.84 Å². The molecule has 0 spiro atoms. The van der Waals surface area contributed by atoms with E-state index in [0.717, 1.165) is 18.9 Å². The topological polar surface area (TPSA) is 38.0 Å². The van der Waals surface area contributed by atoms with Crippen LogP contribution < -0.4 is 11.3 Å². The predicted octanol–water partition coefficient (Wildman–Crippen LogP) is 3.03. The first-order valence-electron chi connectivity index (χ1n) is 6.09. The zero-order valence-corrected chi connectivity index (χ0v) is 11.2. The molecule has 2 rings (SSSR count). The number of hydrogen-bond acceptors (Lipinski definition) is 3. The summed E-state index contributed by atoms with van der Waals surface area (Å²) in [4.78, 5) is 0. The van der Waals surface area contributed by atoms with Crippen LogP contribution in [-0.2, 0) is 12.8 Å². The Hall–Kier alpha value is -1.30. The number of hydrogen-bond donors (Lipinski definition) is 2. The van der Waals surface area contributed by atoms with E-state index < -0.39 is 11.6 Å². The lowest BCUT2D eigenvalue weighted by Crippen LogP contribution is -2.37. The minimum absolute atomic E-state index is 0.00102. The molecule has 1 aromatic heterocycles. The Bertz CT molecular complexity index is 494. The molecule has 1 atom stereocenters. The van der Waals surface area contributed by atoms with Crippen LogP contribution in [0.25, 0.3) is 0 Å². The van der Waals surface area contributed by atoms with Crippen molar-refractivity contribution in [2.45, 2.75) is 25.3 Å². The maximum Gasteiger partial charge on any atom is 0.126 e. The highest BCUT2D eigenvalue weighted by Gasteiger charge is 2.10. The van der Waals surface area contributed by atoms with Gasteiger partial charge in [-0.05, 0) is 59.3 Å². The van der Waals surface area contributed by atoms with Gasteiger partial charge in [0.05, 0.1) is 0 Å². The molecule has 0 fully saturated rings. The van der Waals surface area contributed by atoms with Crippen molar-refractivity contribution in [3.63, 3.8) is 0 Å². The molecule has 0 aliphatic carbocycles. The Labute approximate surface area is 115 Å². The average Bonchev–Trinajstić information content (AvgIpc) is 2.86. The van der Waals surface area contributed by atoms with Crippen LogP contribution in [-0.4, -0.2) is 6.04 Å². The van der Waals surface area contributed by atoms with Crippen molar-refractivity contribution in [2.24, 2.45) is 5.84 Å². The number of rotatable bonds is 6. The van der Waals surface area contributed by atoms with Crippen LogP contribution in [0.1, 0.15) is 17.5 Å². The van der Waals surface area contributed by atoms with Crippen molar-refractivity contribution in [3.05, 3.63) is 57.8 Å². The minimum atomic E-state index is -0.552. The molecule has 1 aromatic carbocycles. The molecule has 1 heterocycles. The highest BCUT2D eigenvalue weighted by Crippen LogP contribution is 2.14. The van der Waals surface area contributed by atoms with E-state index in [1.165, 1.54) is 17.7 Å². The third kappa shape index (κ3) is 4.38. The summed E-state index contributed by atoms with van der Waals surface area (Å²) in [5.74, 6) is 4.40. The second-order valence-corrected chi connectivity index (χ2v) is 5.30. The van der Waals surface area contributed by atoms with Crippen LogP contribution in [0.5, 0.6) is 0 Å². The Kier molecular flexibility index (Phi) is 5.01. The molecule has 0 aliphatic heterocycles. The van der Waals surface area contributed by atoms with Crippen LogP contribution in [0.4, 0.5) is 8.78 Å². The first-order chi connectivity index (χ1) is 9.17. The summed E-state index contributed by atoms with van der Waals surface area (Å²) in [5, 5.41) is 4.12. The van der Waals surface area contributed by atoms with Crippen LogP contribution in [0.3, 0.4) is 0 Å². The van der Waals surface area contributed by atoms with Crippen LogP contribution >= 0.6 is 11.3 Å². The molecule has 19 heavy (non-hydrogen) atoms. The van der Waals surface area contributed by atoms with E-state index in [9.17, 15) is 8.78 Å². The smallest absolute Gasteiger partial charge is 0.126 e. The van der Waals surface area contributed by atoms with Gasteiger partial charge in [0.2, 0.25) is 0 Å². The Morgan fingerprint density at radius 2 is 1.89 bits per heavy atom. The number of aryl methyl sites for hydroxylation is 1. The molecule has 3 N–H and O–H groups in total. The van der Waals surface area contributed by atoms with Crippen LogP contribution in [0.15, 0.2) is 35.0 Å². The molecule has 0 saturated heterocycles. The van der Waals surface area contributed by atoms with E-state index >= 15 is 0 Å². The molecule has 0 aliphatic rings. The van der Waals surface area contributed by atoms with Gasteiger partial charge >= 0.3 is 0 Å². The van der Waals surface area contributed by atoms with Gasteiger partial charge in [0.1, 0.15) is 11.6 Å². The van der Waals surface area contributed by atoms with Gasteiger partial charge in [-0.2, -0.15) is 11.3 Å². The molecular weight excluding hydrogens is 266 g/mol. The predicted molar refractivity (Wildman–Crippen MR) is 73.8 cm³/mol. The van der Waals surface area contributed by atoms with Crippen molar-refractivity contribution >= 4 is 11.3 Å². The van der Waals surface area contributed by atoms with Crippen molar-refractivity contribution in [1.82, 2.24) is 5.43 Å². The van der Waals surface area contributed by atoms with Crippen molar-refractivity contribution in [2.75, 3.05) is 0 Å². The van der Waals surface area contributed by atoms with Gasteiger partial charge in [0.25, 0.3) is 0 Å². The maximum atomic E-state index is 13.1. The second-order valence-electron chi connectivity index (χ2n) is 4.52. The summed E-state index contributed by atoms with van der Waals surface area (Å²) < 4.78 is 26.2. The highest BCUT2D eigenvalue weighted by molar-refractivity contribution is 7.07. The van der Waals surface area contributed by atoms with E-state index in [2.05, 4.69) is 16.9 Å². The lowest BCUT2D eigenvalue weighted by atomic mass is 10.0. The summed E-state index contributed by atoms with van der Waals surface area (Å²) in [6.07, 6.45) is 2.23. The van der Waals surface area contributed by atoms with Gasteiger partial charge in [0, 0.05) is 12.1 Å². The van der Waals surface area contributed by atoms with E-state index in [0.29, 0.717) is 12.0 Å². The third-order valence-corrected chi connectivity index (χ3v) is 3.73. The quantitative estimate of drug-likeness (QED) is 0.631. The number of thiophene rings is 1. The van der Waals surface area contributed by atoms with E-state index in [-0.39, 0.29) is 6.04 Å². The fourth-order valence-corrected chi connectivity index (χ4v) is 2.74. The molecule has 5 heteroatoms. The minimum Gasteiger partial charge on any atom is -0.271 e. The van der Waals surface area contributed by atoms with Crippen molar-refractivity contribution < 1.29 is 8.78 Å².